The average Bonchev–Trinajstić information content (AvgIpc) is 2.77. The van der Waals surface area contributed by atoms with E-state index in [-0.39, 0.29) is 18.1 Å². The van der Waals surface area contributed by atoms with Gasteiger partial charge in [0.1, 0.15) is 5.82 Å². The van der Waals surface area contributed by atoms with E-state index in [1.807, 2.05) is 0 Å². The van der Waals surface area contributed by atoms with Gasteiger partial charge < -0.3 is 4.90 Å². The zero-order chi connectivity index (χ0) is 22.5. The third-order valence-corrected chi connectivity index (χ3v) is 5.32. The minimum absolute atomic E-state index is 0.00610. The molecule has 31 heavy (non-hydrogen) atoms. The first-order valence-corrected chi connectivity index (χ1v) is 10.1. The van der Waals surface area contributed by atoms with Crippen molar-refractivity contribution in [3.8, 4) is 11.1 Å². The van der Waals surface area contributed by atoms with E-state index in [4.69, 9.17) is 0 Å². The minimum atomic E-state index is -0.554. The second kappa shape index (κ2) is 9.60. The molecule has 1 aromatic heterocycles. The third kappa shape index (κ3) is 5.20. The van der Waals surface area contributed by atoms with E-state index in [1.165, 1.54) is 12.1 Å². The molecule has 0 spiro atoms. The van der Waals surface area contributed by atoms with Crippen molar-refractivity contribution in [3.63, 3.8) is 0 Å². The van der Waals surface area contributed by atoms with Crippen molar-refractivity contribution in [3.05, 3.63) is 83.2 Å². The summed E-state index contributed by atoms with van der Waals surface area (Å²) in [6.45, 7) is 3.49. The van der Waals surface area contributed by atoms with E-state index >= 15 is 0 Å². The standard InChI is InChI=1S/C25H24F2N2O2/c1-4-25(31)29(3)20-10-5-18(6-11-20)21-12-7-19(15-22(21)26)23(30)13-8-17-9-14-24(27)28-16(17)2/h5-7,9-12,14-15H,4,8,13H2,1-3H3. The maximum atomic E-state index is 14.7. The summed E-state index contributed by atoms with van der Waals surface area (Å²) in [6.07, 6.45) is 0.992. The van der Waals surface area contributed by atoms with E-state index in [0.717, 1.165) is 11.3 Å². The van der Waals surface area contributed by atoms with E-state index in [9.17, 15) is 18.4 Å². The molecule has 4 nitrogen and oxygen atoms in total. The van der Waals surface area contributed by atoms with Crippen molar-refractivity contribution in [2.24, 2.45) is 0 Å². The van der Waals surface area contributed by atoms with E-state index in [1.54, 1.807) is 68.3 Å². The van der Waals surface area contributed by atoms with Gasteiger partial charge >= 0.3 is 0 Å². The number of ketones is 1. The summed E-state index contributed by atoms with van der Waals surface area (Å²) in [7, 11) is 1.70. The Bertz CT molecular complexity index is 1110. The molecule has 6 heteroatoms. The van der Waals surface area contributed by atoms with Crippen molar-refractivity contribution < 1.29 is 18.4 Å². The quantitative estimate of drug-likeness (QED) is 0.372. The molecule has 0 atom stereocenters. The molecule has 0 N–H and O–H groups in total. The number of benzene rings is 2. The van der Waals surface area contributed by atoms with Gasteiger partial charge in [0.15, 0.2) is 5.78 Å². The lowest BCUT2D eigenvalue weighted by Gasteiger charge is -2.17. The molecule has 3 rings (SSSR count). The number of hydrogen-bond donors (Lipinski definition) is 0. The van der Waals surface area contributed by atoms with Crippen molar-refractivity contribution in [1.82, 2.24) is 4.98 Å². The Balaban J connectivity index is 1.72. The summed E-state index contributed by atoms with van der Waals surface area (Å²) < 4.78 is 27.9. The molecule has 0 bridgehead atoms. The highest BCUT2D eigenvalue weighted by atomic mass is 19.1. The second-order valence-electron chi connectivity index (χ2n) is 7.35. The number of nitrogens with zero attached hydrogens (tertiary/aromatic N) is 2. The topological polar surface area (TPSA) is 50.3 Å². The molecule has 0 saturated carbocycles. The van der Waals surface area contributed by atoms with Crippen LogP contribution in [0.25, 0.3) is 11.1 Å². The predicted octanol–water partition coefficient (Wildman–Crippen LogP) is 5.52. The lowest BCUT2D eigenvalue weighted by Crippen LogP contribution is -2.24. The third-order valence-electron chi connectivity index (χ3n) is 5.32. The number of aryl methyl sites for hydroxylation is 2. The van der Waals surface area contributed by atoms with Crippen LogP contribution in [-0.2, 0) is 11.2 Å². The van der Waals surface area contributed by atoms with Crippen molar-refractivity contribution in [2.75, 3.05) is 11.9 Å². The Morgan fingerprint density at radius 3 is 2.32 bits per heavy atom. The number of amides is 1. The van der Waals surface area contributed by atoms with Crippen LogP contribution < -0.4 is 4.90 Å². The smallest absolute Gasteiger partial charge is 0.226 e. The molecule has 1 amide bonds. The lowest BCUT2D eigenvalue weighted by atomic mass is 9.98. The number of rotatable bonds is 7. The SMILES string of the molecule is CCC(=O)N(C)c1ccc(-c2ccc(C(=O)CCc3ccc(F)nc3C)cc2F)cc1. The molecule has 0 fully saturated rings. The fourth-order valence-electron chi connectivity index (χ4n) is 3.38. The summed E-state index contributed by atoms with van der Waals surface area (Å²) in [6, 6.07) is 14.3. The van der Waals surface area contributed by atoms with Crippen LogP contribution in [-0.4, -0.2) is 23.7 Å². The van der Waals surface area contributed by atoms with Crippen LogP contribution >= 0.6 is 0 Å². The van der Waals surface area contributed by atoms with Gasteiger partial charge in [-0.1, -0.05) is 37.3 Å². The number of Topliss-reactive ketones (excluding diaryl/α,β-unsaturated/α-hetero) is 1. The number of carbonyl (C=O) groups excluding carboxylic acids is 2. The van der Waals surface area contributed by atoms with E-state index in [0.29, 0.717) is 35.2 Å². The molecular weight excluding hydrogens is 398 g/mol. The van der Waals surface area contributed by atoms with Crippen LogP contribution in [0, 0.1) is 18.7 Å². The first-order valence-electron chi connectivity index (χ1n) is 10.1. The highest BCUT2D eigenvalue weighted by Gasteiger charge is 2.14. The lowest BCUT2D eigenvalue weighted by molar-refractivity contribution is -0.118. The highest BCUT2D eigenvalue weighted by molar-refractivity contribution is 5.97. The zero-order valence-electron chi connectivity index (χ0n) is 17.8. The number of aromatic nitrogens is 1. The van der Waals surface area contributed by atoms with Gasteiger partial charge in [-0.3, -0.25) is 9.59 Å². The monoisotopic (exact) mass is 422 g/mol. The van der Waals surface area contributed by atoms with Gasteiger partial charge in [0.2, 0.25) is 11.9 Å². The molecule has 0 aliphatic rings. The summed E-state index contributed by atoms with van der Waals surface area (Å²) in [4.78, 5) is 29.6. The summed E-state index contributed by atoms with van der Waals surface area (Å²) in [5, 5.41) is 0. The number of pyridine rings is 1. The maximum Gasteiger partial charge on any atom is 0.226 e. The minimum Gasteiger partial charge on any atom is -0.316 e. The van der Waals surface area contributed by atoms with Gasteiger partial charge in [-0.05, 0) is 48.7 Å². The summed E-state index contributed by atoms with van der Waals surface area (Å²) in [5.74, 6) is -1.24. The fraction of sp³-hybridized carbons (Fsp3) is 0.240. The van der Waals surface area contributed by atoms with Gasteiger partial charge in [-0.15, -0.1) is 0 Å². The van der Waals surface area contributed by atoms with Gasteiger partial charge in [0.25, 0.3) is 0 Å². The Labute approximate surface area is 180 Å². The van der Waals surface area contributed by atoms with Crippen LogP contribution in [0.3, 0.4) is 0 Å². The van der Waals surface area contributed by atoms with Gasteiger partial charge in [-0.25, -0.2) is 9.37 Å². The second-order valence-corrected chi connectivity index (χ2v) is 7.35. The van der Waals surface area contributed by atoms with Crippen molar-refractivity contribution in [1.29, 1.82) is 0 Å². The zero-order valence-corrected chi connectivity index (χ0v) is 17.8. The molecule has 0 unspecified atom stereocenters. The normalized spacial score (nSPS) is 10.7. The number of anilines is 1. The highest BCUT2D eigenvalue weighted by Crippen LogP contribution is 2.27. The van der Waals surface area contributed by atoms with Crippen LogP contribution in [0.2, 0.25) is 0 Å². The molecule has 0 aliphatic carbocycles. The molecule has 0 radical (unpaired) electrons. The largest absolute Gasteiger partial charge is 0.316 e. The molecule has 1 heterocycles. The molecule has 3 aromatic rings. The first-order chi connectivity index (χ1) is 14.8. The van der Waals surface area contributed by atoms with Gasteiger partial charge in [0, 0.05) is 42.4 Å². The van der Waals surface area contributed by atoms with Crippen molar-refractivity contribution in [2.45, 2.75) is 33.1 Å². The number of hydrogen-bond acceptors (Lipinski definition) is 3. The average molecular weight is 422 g/mol. The molecule has 2 aromatic carbocycles. The molecule has 160 valence electrons. The Hall–Kier alpha value is -3.41. The van der Waals surface area contributed by atoms with Gasteiger partial charge in [0.05, 0.1) is 0 Å². The molecular formula is C25H24F2N2O2. The Morgan fingerprint density at radius 2 is 1.71 bits per heavy atom. The maximum absolute atomic E-state index is 14.7. The summed E-state index contributed by atoms with van der Waals surface area (Å²) in [5.41, 5.74) is 3.39. The van der Waals surface area contributed by atoms with Crippen LogP contribution in [0.1, 0.15) is 41.4 Å². The fourth-order valence-corrected chi connectivity index (χ4v) is 3.38. The van der Waals surface area contributed by atoms with Crippen LogP contribution in [0.15, 0.2) is 54.6 Å². The van der Waals surface area contributed by atoms with Gasteiger partial charge in [-0.2, -0.15) is 4.39 Å². The first kappa shape index (κ1) is 22.3. The number of carbonyl (C=O) groups is 2. The predicted molar refractivity (Wildman–Crippen MR) is 117 cm³/mol. The van der Waals surface area contributed by atoms with Crippen molar-refractivity contribution >= 4 is 17.4 Å². The Kier molecular flexibility index (Phi) is 6.90. The van der Waals surface area contributed by atoms with E-state index < -0.39 is 11.8 Å². The van der Waals surface area contributed by atoms with Crippen LogP contribution in [0.4, 0.5) is 14.5 Å². The number of halogens is 2. The Morgan fingerprint density at radius 1 is 1.00 bits per heavy atom. The van der Waals surface area contributed by atoms with E-state index in [2.05, 4.69) is 4.98 Å². The van der Waals surface area contributed by atoms with Crippen LogP contribution in [0.5, 0.6) is 0 Å². The summed E-state index contributed by atoms with van der Waals surface area (Å²) >= 11 is 0. The molecule has 0 saturated heterocycles. The molecule has 0 aliphatic heterocycles.